The highest BCUT2D eigenvalue weighted by Gasteiger charge is 2.31. The lowest BCUT2D eigenvalue weighted by molar-refractivity contribution is 0.0981. The predicted octanol–water partition coefficient (Wildman–Crippen LogP) is 4.49. The van der Waals surface area contributed by atoms with Gasteiger partial charge in [0.2, 0.25) is 10.0 Å². The smallest absolute Gasteiger partial charge is 0.258 e. The molecule has 0 bridgehead atoms. The summed E-state index contributed by atoms with van der Waals surface area (Å²) in [6, 6.07) is 23.8. The number of nitrogens with zero attached hydrogens (tertiary/aromatic N) is 2. The zero-order valence-corrected chi connectivity index (χ0v) is 18.5. The van der Waals surface area contributed by atoms with Gasteiger partial charge in [-0.05, 0) is 54.8 Å². The fourth-order valence-electron chi connectivity index (χ4n) is 4.08. The molecule has 0 N–H and O–H groups in total. The molecule has 31 heavy (non-hydrogen) atoms. The number of rotatable bonds is 6. The van der Waals surface area contributed by atoms with Crippen molar-refractivity contribution in [1.29, 1.82) is 0 Å². The lowest BCUT2D eigenvalue weighted by Gasteiger charge is -2.23. The number of carbonyl (C=O) groups excluding carboxylic acids is 1. The van der Waals surface area contributed by atoms with Gasteiger partial charge < -0.3 is 4.90 Å². The minimum Gasteiger partial charge on any atom is -0.305 e. The van der Waals surface area contributed by atoms with Gasteiger partial charge in [-0.15, -0.1) is 0 Å². The van der Waals surface area contributed by atoms with E-state index >= 15 is 0 Å². The van der Waals surface area contributed by atoms with E-state index in [1.807, 2.05) is 42.2 Å². The Kier molecular flexibility index (Phi) is 5.94. The summed E-state index contributed by atoms with van der Waals surface area (Å²) in [6.45, 7) is 4.50. The molecule has 3 aromatic rings. The number of anilines is 1. The molecule has 0 saturated carbocycles. The van der Waals surface area contributed by atoms with Gasteiger partial charge in [-0.2, -0.15) is 4.31 Å². The molecule has 1 aliphatic heterocycles. The Morgan fingerprint density at radius 3 is 2.29 bits per heavy atom. The van der Waals surface area contributed by atoms with Gasteiger partial charge in [-0.25, -0.2) is 8.42 Å². The normalized spacial score (nSPS) is 15.8. The van der Waals surface area contributed by atoms with Crippen LogP contribution in [-0.2, 0) is 23.0 Å². The maximum absolute atomic E-state index is 13.2. The molecule has 0 spiro atoms. The highest BCUT2D eigenvalue weighted by atomic mass is 32.2. The highest BCUT2D eigenvalue weighted by Crippen LogP contribution is 2.33. The lowest BCUT2D eigenvalue weighted by atomic mass is 10.1. The molecule has 1 aliphatic rings. The maximum atomic E-state index is 13.2. The molecule has 0 saturated heterocycles. The van der Waals surface area contributed by atoms with Crippen LogP contribution in [0.4, 0.5) is 5.69 Å². The summed E-state index contributed by atoms with van der Waals surface area (Å²) < 4.78 is 27.3. The Balaban J connectivity index is 1.53. The summed E-state index contributed by atoms with van der Waals surface area (Å²) in [6.07, 6.45) is 0.850. The zero-order valence-electron chi connectivity index (χ0n) is 17.7. The molecular formula is C25H26N2O3S. The van der Waals surface area contributed by atoms with Crippen LogP contribution < -0.4 is 4.90 Å². The SMILES string of the molecule is CCN(Cc1ccc(C(=O)N2c3ccccc3C[C@@H]2C)cc1)S(=O)(=O)c1ccccc1. The van der Waals surface area contributed by atoms with Crippen LogP contribution in [0.25, 0.3) is 0 Å². The molecule has 5 nitrogen and oxygen atoms in total. The molecule has 1 atom stereocenters. The van der Waals surface area contributed by atoms with Crippen molar-refractivity contribution in [1.82, 2.24) is 4.31 Å². The first-order valence-electron chi connectivity index (χ1n) is 10.5. The highest BCUT2D eigenvalue weighted by molar-refractivity contribution is 7.89. The number of sulfonamides is 1. The Morgan fingerprint density at radius 2 is 1.61 bits per heavy atom. The Labute approximate surface area is 184 Å². The average Bonchev–Trinajstić information content (AvgIpc) is 3.13. The molecule has 0 aliphatic carbocycles. The number of hydrogen-bond donors (Lipinski definition) is 0. The largest absolute Gasteiger partial charge is 0.305 e. The lowest BCUT2D eigenvalue weighted by Crippen LogP contribution is -2.35. The van der Waals surface area contributed by atoms with Crippen molar-refractivity contribution in [3.63, 3.8) is 0 Å². The molecule has 0 fully saturated rings. The zero-order chi connectivity index (χ0) is 22.0. The topological polar surface area (TPSA) is 57.7 Å². The van der Waals surface area contributed by atoms with E-state index in [9.17, 15) is 13.2 Å². The van der Waals surface area contributed by atoms with Crippen LogP contribution in [0.3, 0.4) is 0 Å². The maximum Gasteiger partial charge on any atom is 0.258 e. The minimum atomic E-state index is -3.57. The van der Waals surface area contributed by atoms with Gasteiger partial charge in [-0.3, -0.25) is 4.79 Å². The first-order chi connectivity index (χ1) is 14.9. The molecule has 1 amide bonds. The minimum absolute atomic E-state index is 0.0340. The van der Waals surface area contributed by atoms with E-state index in [4.69, 9.17) is 0 Å². The van der Waals surface area contributed by atoms with E-state index in [1.165, 1.54) is 9.87 Å². The van der Waals surface area contributed by atoms with Crippen LogP contribution in [0.2, 0.25) is 0 Å². The third kappa shape index (κ3) is 4.13. The van der Waals surface area contributed by atoms with Crippen LogP contribution in [-0.4, -0.2) is 31.2 Å². The van der Waals surface area contributed by atoms with Crippen molar-refractivity contribution in [3.05, 3.63) is 95.6 Å². The molecule has 6 heteroatoms. The first-order valence-corrected chi connectivity index (χ1v) is 11.9. The molecule has 3 aromatic carbocycles. The predicted molar refractivity (Wildman–Crippen MR) is 123 cm³/mol. The second kappa shape index (κ2) is 8.65. The van der Waals surface area contributed by atoms with Crippen molar-refractivity contribution in [2.45, 2.75) is 37.8 Å². The second-order valence-corrected chi connectivity index (χ2v) is 9.74. The van der Waals surface area contributed by atoms with Crippen molar-refractivity contribution in [3.8, 4) is 0 Å². The second-order valence-electron chi connectivity index (χ2n) is 7.80. The van der Waals surface area contributed by atoms with E-state index in [1.54, 1.807) is 42.5 Å². The monoisotopic (exact) mass is 434 g/mol. The molecule has 0 radical (unpaired) electrons. The number of carbonyl (C=O) groups is 1. The summed E-state index contributed by atoms with van der Waals surface area (Å²) in [7, 11) is -3.57. The quantitative estimate of drug-likeness (QED) is 0.574. The van der Waals surface area contributed by atoms with Crippen molar-refractivity contribution >= 4 is 21.6 Å². The number of para-hydroxylation sites is 1. The van der Waals surface area contributed by atoms with E-state index in [2.05, 4.69) is 13.0 Å². The molecule has 1 heterocycles. The third-order valence-electron chi connectivity index (χ3n) is 5.72. The Bertz CT molecular complexity index is 1170. The average molecular weight is 435 g/mol. The van der Waals surface area contributed by atoms with Gasteiger partial charge in [0.1, 0.15) is 0 Å². The Hall–Kier alpha value is -2.96. The van der Waals surface area contributed by atoms with Gasteiger partial charge in [0.25, 0.3) is 5.91 Å². The van der Waals surface area contributed by atoms with Crippen molar-refractivity contribution in [2.24, 2.45) is 0 Å². The number of fused-ring (bicyclic) bond motifs is 1. The molecule has 0 aromatic heterocycles. The number of amides is 1. The Morgan fingerprint density at radius 1 is 0.968 bits per heavy atom. The van der Waals surface area contributed by atoms with Crippen LogP contribution in [0.1, 0.15) is 35.3 Å². The number of benzene rings is 3. The van der Waals surface area contributed by atoms with Gasteiger partial charge in [0.05, 0.1) is 4.90 Å². The van der Waals surface area contributed by atoms with Crippen LogP contribution in [0, 0.1) is 0 Å². The van der Waals surface area contributed by atoms with Crippen LogP contribution in [0.5, 0.6) is 0 Å². The third-order valence-corrected chi connectivity index (χ3v) is 7.65. The molecule has 4 rings (SSSR count). The number of hydrogen-bond acceptors (Lipinski definition) is 3. The summed E-state index contributed by atoms with van der Waals surface area (Å²) >= 11 is 0. The fourth-order valence-corrected chi connectivity index (χ4v) is 5.54. The van der Waals surface area contributed by atoms with Gasteiger partial charge in [-0.1, -0.05) is 55.5 Å². The van der Waals surface area contributed by atoms with Crippen molar-refractivity contribution in [2.75, 3.05) is 11.4 Å². The summed E-state index contributed by atoms with van der Waals surface area (Å²) in [4.78, 5) is 15.3. The summed E-state index contributed by atoms with van der Waals surface area (Å²) in [5.41, 5.74) is 3.59. The molecule has 0 unspecified atom stereocenters. The molecule has 160 valence electrons. The molecular weight excluding hydrogens is 408 g/mol. The van der Waals surface area contributed by atoms with Crippen molar-refractivity contribution < 1.29 is 13.2 Å². The standard InChI is InChI=1S/C25H26N2O3S/c1-3-26(31(29,30)23-10-5-4-6-11-23)18-20-13-15-21(16-14-20)25(28)27-19(2)17-22-9-7-8-12-24(22)27/h4-16,19H,3,17-18H2,1-2H3/t19-/m0/s1. The first kappa shape index (κ1) is 21.3. The van der Waals surface area contributed by atoms with Gasteiger partial charge in [0, 0.05) is 30.4 Å². The van der Waals surface area contributed by atoms with E-state index in [0.29, 0.717) is 12.1 Å². The van der Waals surface area contributed by atoms with E-state index < -0.39 is 10.0 Å². The summed E-state index contributed by atoms with van der Waals surface area (Å²) in [5, 5.41) is 0. The summed E-state index contributed by atoms with van der Waals surface area (Å²) in [5.74, 6) is -0.0340. The van der Waals surface area contributed by atoms with E-state index in [0.717, 1.165) is 17.7 Å². The van der Waals surface area contributed by atoms with Crippen LogP contribution >= 0.6 is 0 Å². The fraction of sp³-hybridized carbons (Fsp3) is 0.240. The van der Waals surface area contributed by atoms with Crippen LogP contribution in [0.15, 0.2) is 83.8 Å². The van der Waals surface area contributed by atoms with Gasteiger partial charge in [0.15, 0.2) is 0 Å². The van der Waals surface area contributed by atoms with Gasteiger partial charge >= 0.3 is 0 Å². The van der Waals surface area contributed by atoms with E-state index in [-0.39, 0.29) is 23.4 Å².